The fraction of sp³-hybridized carbons (Fsp3) is 0.600. The number of anilines is 2. The highest BCUT2D eigenvalue weighted by Gasteiger charge is 2.28. The van der Waals surface area contributed by atoms with E-state index < -0.39 is 0 Å². The molecule has 2 rings (SSSR count). The van der Waals surface area contributed by atoms with E-state index in [2.05, 4.69) is 37.8 Å². The Balaban J connectivity index is 2.00. The fourth-order valence-electron chi connectivity index (χ4n) is 2.73. The van der Waals surface area contributed by atoms with Crippen molar-refractivity contribution in [3.63, 3.8) is 0 Å². The molecule has 1 heterocycles. The summed E-state index contributed by atoms with van der Waals surface area (Å²) in [5.41, 5.74) is 8.42. The quantitative estimate of drug-likeness (QED) is 0.750. The zero-order valence-electron chi connectivity index (χ0n) is 11.2. The van der Waals surface area contributed by atoms with Crippen LogP contribution in [0.5, 0.6) is 0 Å². The normalized spacial score (nSPS) is 18.4. The van der Waals surface area contributed by atoms with Crippen LogP contribution in [-0.2, 0) is 0 Å². The van der Waals surface area contributed by atoms with Gasteiger partial charge >= 0.3 is 0 Å². The molecule has 0 atom stereocenters. The minimum Gasteiger partial charge on any atom is -0.399 e. The minimum atomic E-state index is 0.446. The van der Waals surface area contributed by atoms with Crippen LogP contribution in [-0.4, -0.2) is 13.1 Å². The predicted octanol–water partition coefficient (Wildman–Crippen LogP) is 3.53. The monoisotopic (exact) mass is 232 g/mol. The van der Waals surface area contributed by atoms with Gasteiger partial charge in [-0.15, -0.1) is 0 Å². The number of nitrogens with two attached hydrogens (primary N) is 1. The van der Waals surface area contributed by atoms with Gasteiger partial charge in [0.2, 0.25) is 0 Å². The van der Waals surface area contributed by atoms with Gasteiger partial charge in [-0.05, 0) is 42.4 Å². The van der Waals surface area contributed by atoms with Crippen molar-refractivity contribution in [1.82, 2.24) is 0 Å². The Labute approximate surface area is 105 Å². The summed E-state index contributed by atoms with van der Waals surface area (Å²) < 4.78 is 0. The van der Waals surface area contributed by atoms with Gasteiger partial charge in [0.1, 0.15) is 0 Å². The Morgan fingerprint density at radius 1 is 1.18 bits per heavy atom. The SMILES string of the molecule is CC(C)(C)C1CCN(c2cccc(N)c2)CC1. The van der Waals surface area contributed by atoms with Gasteiger partial charge in [-0.2, -0.15) is 0 Å². The molecule has 1 aromatic rings. The van der Waals surface area contributed by atoms with E-state index in [9.17, 15) is 0 Å². The van der Waals surface area contributed by atoms with Gasteiger partial charge in [-0.1, -0.05) is 26.8 Å². The second-order valence-electron chi connectivity index (χ2n) is 6.22. The summed E-state index contributed by atoms with van der Waals surface area (Å²) in [5.74, 6) is 0.847. The zero-order chi connectivity index (χ0) is 12.5. The van der Waals surface area contributed by atoms with E-state index in [-0.39, 0.29) is 0 Å². The topological polar surface area (TPSA) is 29.3 Å². The second kappa shape index (κ2) is 4.59. The Kier molecular flexibility index (Phi) is 3.32. The van der Waals surface area contributed by atoms with Crippen molar-refractivity contribution in [2.75, 3.05) is 23.7 Å². The van der Waals surface area contributed by atoms with Crippen LogP contribution in [0.15, 0.2) is 24.3 Å². The highest BCUT2D eigenvalue weighted by Crippen LogP contribution is 2.35. The molecule has 0 saturated carbocycles. The first-order valence-electron chi connectivity index (χ1n) is 6.57. The molecule has 94 valence electrons. The molecule has 2 N–H and O–H groups in total. The Morgan fingerprint density at radius 2 is 1.82 bits per heavy atom. The molecule has 1 aliphatic heterocycles. The van der Waals surface area contributed by atoms with Crippen LogP contribution >= 0.6 is 0 Å². The van der Waals surface area contributed by atoms with E-state index in [0.717, 1.165) is 24.7 Å². The second-order valence-corrected chi connectivity index (χ2v) is 6.22. The molecule has 2 nitrogen and oxygen atoms in total. The average Bonchev–Trinajstić information content (AvgIpc) is 2.28. The molecular weight excluding hydrogens is 208 g/mol. The maximum Gasteiger partial charge on any atom is 0.0386 e. The summed E-state index contributed by atoms with van der Waals surface area (Å²) >= 11 is 0. The Hall–Kier alpha value is -1.18. The first-order chi connectivity index (χ1) is 7.97. The molecule has 0 amide bonds. The highest BCUT2D eigenvalue weighted by atomic mass is 15.1. The highest BCUT2D eigenvalue weighted by molar-refractivity contribution is 5.56. The number of nitrogens with zero attached hydrogens (tertiary/aromatic N) is 1. The summed E-state index contributed by atoms with van der Waals surface area (Å²) in [6, 6.07) is 8.23. The molecule has 0 radical (unpaired) electrons. The van der Waals surface area contributed by atoms with E-state index in [1.807, 2.05) is 12.1 Å². The van der Waals surface area contributed by atoms with Crippen LogP contribution in [0.1, 0.15) is 33.6 Å². The van der Waals surface area contributed by atoms with E-state index in [0.29, 0.717) is 5.41 Å². The zero-order valence-corrected chi connectivity index (χ0v) is 11.2. The van der Waals surface area contributed by atoms with Gasteiger partial charge < -0.3 is 10.6 Å². The Morgan fingerprint density at radius 3 is 2.35 bits per heavy atom. The molecular formula is C15H24N2. The first-order valence-corrected chi connectivity index (χ1v) is 6.57. The van der Waals surface area contributed by atoms with Gasteiger partial charge in [0.25, 0.3) is 0 Å². The van der Waals surface area contributed by atoms with E-state index in [1.165, 1.54) is 18.5 Å². The number of benzene rings is 1. The van der Waals surface area contributed by atoms with Crippen molar-refractivity contribution in [2.24, 2.45) is 11.3 Å². The maximum atomic E-state index is 5.84. The third-order valence-corrected chi connectivity index (χ3v) is 3.96. The number of hydrogen-bond donors (Lipinski definition) is 1. The van der Waals surface area contributed by atoms with Crippen molar-refractivity contribution < 1.29 is 0 Å². The summed E-state index contributed by atoms with van der Waals surface area (Å²) in [6.07, 6.45) is 2.58. The van der Waals surface area contributed by atoms with Crippen molar-refractivity contribution in [3.8, 4) is 0 Å². The van der Waals surface area contributed by atoms with Crippen LogP contribution in [0.4, 0.5) is 11.4 Å². The third kappa shape index (κ3) is 2.93. The molecule has 17 heavy (non-hydrogen) atoms. The van der Waals surface area contributed by atoms with Crippen LogP contribution in [0.3, 0.4) is 0 Å². The molecule has 2 heteroatoms. The lowest BCUT2D eigenvalue weighted by molar-refractivity contribution is 0.199. The van der Waals surface area contributed by atoms with E-state index in [1.54, 1.807) is 0 Å². The lowest BCUT2D eigenvalue weighted by atomic mass is 9.75. The lowest BCUT2D eigenvalue weighted by Gasteiger charge is -2.39. The van der Waals surface area contributed by atoms with E-state index in [4.69, 9.17) is 5.73 Å². The van der Waals surface area contributed by atoms with Crippen LogP contribution in [0.25, 0.3) is 0 Å². The smallest absolute Gasteiger partial charge is 0.0386 e. The largest absolute Gasteiger partial charge is 0.399 e. The van der Waals surface area contributed by atoms with Crippen molar-refractivity contribution in [3.05, 3.63) is 24.3 Å². The molecule has 1 fully saturated rings. The van der Waals surface area contributed by atoms with Crippen molar-refractivity contribution in [1.29, 1.82) is 0 Å². The fourth-order valence-corrected chi connectivity index (χ4v) is 2.73. The van der Waals surface area contributed by atoms with Crippen LogP contribution < -0.4 is 10.6 Å². The summed E-state index contributed by atoms with van der Waals surface area (Å²) in [6.45, 7) is 9.38. The van der Waals surface area contributed by atoms with Gasteiger partial charge in [0.15, 0.2) is 0 Å². The van der Waals surface area contributed by atoms with Gasteiger partial charge in [0.05, 0.1) is 0 Å². The molecule has 0 aliphatic carbocycles. The summed E-state index contributed by atoms with van der Waals surface area (Å²) in [5, 5.41) is 0. The van der Waals surface area contributed by atoms with Gasteiger partial charge in [-0.25, -0.2) is 0 Å². The molecule has 0 spiro atoms. The predicted molar refractivity (Wildman–Crippen MR) is 75.2 cm³/mol. The molecule has 1 saturated heterocycles. The number of piperidine rings is 1. The van der Waals surface area contributed by atoms with Crippen molar-refractivity contribution in [2.45, 2.75) is 33.6 Å². The standard InChI is InChI=1S/C15H24N2/c1-15(2,3)12-7-9-17(10-8-12)14-6-4-5-13(16)11-14/h4-6,11-12H,7-10,16H2,1-3H3. The third-order valence-electron chi connectivity index (χ3n) is 3.96. The lowest BCUT2D eigenvalue weighted by Crippen LogP contribution is -2.38. The molecule has 0 bridgehead atoms. The summed E-state index contributed by atoms with van der Waals surface area (Å²) in [4.78, 5) is 2.46. The van der Waals surface area contributed by atoms with Gasteiger partial charge in [0, 0.05) is 24.5 Å². The number of nitrogen functional groups attached to an aromatic ring is 1. The van der Waals surface area contributed by atoms with Gasteiger partial charge in [-0.3, -0.25) is 0 Å². The Bertz CT molecular complexity index is 371. The summed E-state index contributed by atoms with van der Waals surface area (Å²) in [7, 11) is 0. The van der Waals surface area contributed by atoms with Crippen LogP contribution in [0.2, 0.25) is 0 Å². The minimum absolute atomic E-state index is 0.446. The number of rotatable bonds is 1. The molecule has 1 aliphatic rings. The molecule has 1 aromatic carbocycles. The van der Waals surface area contributed by atoms with E-state index >= 15 is 0 Å². The first kappa shape index (κ1) is 12.3. The maximum absolute atomic E-state index is 5.84. The van der Waals surface area contributed by atoms with Crippen molar-refractivity contribution >= 4 is 11.4 Å². The van der Waals surface area contributed by atoms with Crippen LogP contribution in [0, 0.1) is 11.3 Å². The average molecular weight is 232 g/mol. The number of hydrogen-bond acceptors (Lipinski definition) is 2. The molecule has 0 aromatic heterocycles. The molecule has 0 unspecified atom stereocenters.